The van der Waals surface area contributed by atoms with Gasteiger partial charge < -0.3 is 15.5 Å². The number of nitrogens with one attached hydrogen (secondary N) is 1. The molecule has 0 saturated heterocycles. The molecule has 0 aliphatic rings. The van der Waals surface area contributed by atoms with E-state index in [-0.39, 0.29) is 17.4 Å². The Hall–Kier alpha value is -1.97. The van der Waals surface area contributed by atoms with Gasteiger partial charge in [-0.3, -0.25) is 4.79 Å². The summed E-state index contributed by atoms with van der Waals surface area (Å²) in [4.78, 5) is 11.9. The number of aromatic hydroxyl groups is 2. The number of phenolic OH excluding ortho intramolecular Hbond substituents is 2. The molecule has 4 nitrogen and oxygen atoms in total. The van der Waals surface area contributed by atoms with Gasteiger partial charge in [0.25, 0.3) is 0 Å². The second-order valence-electron chi connectivity index (χ2n) is 7.93. The smallest absolute Gasteiger partial charge is 0.220 e. The first-order chi connectivity index (χ1) is 14.1. The van der Waals surface area contributed by atoms with Crippen molar-refractivity contribution in [3.8, 4) is 11.5 Å². The number of benzene rings is 1. The number of amides is 1. The van der Waals surface area contributed by atoms with E-state index >= 15 is 0 Å². The standard InChI is InChI=1S/C25H41NO3/c1-2-3-4-5-6-7-8-9-10-11-12-13-14-15-16-17-25(29)26-21-22-18-19-23(27)24(28)20-22/h9-10,18-20,27-28H,2-8,11-17,21H2,1H3,(H,26,29). The summed E-state index contributed by atoms with van der Waals surface area (Å²) in [5, 5.41) is 21.6. The quantitative estimate of drug-likeness (QED) is 0.153. The summed E-state index contributed by atoms with van der Waals surface area (Å²) in [6, 6.07) is 4.59. The largest absolute Gasteiger partial charge is 0.504 e. The number of rotatable bonds is 17. The summed E-state index contributed by atoms with van der Waals surface area (Å²) >= 11 is 0. The molecule has 0 aliphatic heterocycles. The number of phenols is 2. The van der Waals surface area contributed by atoms with Crippen LogP contribution in [0.3, 0.4) is 0 Å². The Kier molecular flexibility index (Phi) is 14.6. The molecule has 0 saturated carbocycles. The highest BCUT2D eigenvalue weighted by molar-refractivity contribution is 5.75. The monoisotopic (exact) mass is 403 g/mol. The van der Waals surface area contributed by atoms with Crippen molar-refractivity contribution < 1.29 is 15.0 Å². The molecule has 1 aromatic rings. The second-order valence-corrected chi connectivity index (χ2v) is 7.93. The zero-order valence-electron chi connectivity index (χ0n) is 18.3. The van der Waals surface area contributed by atoms with E-state index in [4.69, 9.17) is 0 Å². The Labute approximate surface area is 177 Å². The van der Waals surface area contributed by atoms with Crippen molar-refractivity contribution in [2.75, 3.05) is 0 Å². The molecule has 0 atom stereocenters. The minimum Gasteiger partial charge on any atom is -0.504 e. The van der Waals surface area contributed by atoms with Crippen LogP contribution in [0.5, 0.6) is 11.5 Å². The predicted molar refractivity (Wildman–Crippen MR) is 121 cm³/mol. The topological polar surface area (TPSA) is 69.6 Å². The predicted octanol–water partition coefficient (Wildman–Crippen LogP) is 6.75. The molecule has 0 fully saturated rings. The fourth-order valence-electron chi connectivity index (χ4n) is 3.32. The van der Waals surface area contributed by atoms with E-state index in [0.717, 1.165) is 18.4 Å². The van der Waals surface area contributed by atoms with E-state index in [0.29, 0.717) is 13.0 Å². The van der Waals surface area contributed by atoms with E-state index < -0.39 is 0 Å². The molecule has 1 aromatic carbocycles. The van der Waals surface area contributed by atoms with Gasteiger partial charge in [0.05, 0.1) is 0 Å². The lowest BCUT2D eigenvalue weighted by Crippen LogP contribution is -2.22. The van der Waals surface area contributed by atoms with Gasteiger partial charge in [-0.2, -0.15) is 0 Å². The number of allylic oxidation sites excluding steroid dienone is 2. The van der Waals surface area contributed by atoms with Crippen molar-refractivity contribution in [2.24, 2.45) is 0 Å². The number of carbonyl (C=O) groups is 1. The first kappa shape index (κ1) is 25.1. The minimum atomic E-state index is -0.158. The lowest BCUT2D eigenvalue weighted by atomic mass is 10.1. The summed E-state index contributed by atoms with van der Waals surface area (Å²) < 4.78 is 0. The second kappa shape index (κ2) is 16.9. The van der Waals surface area contributed by atoms with Crippen LogP contribution in [-0.2, 0) is 11.3 Å². The average Bonchev–Trinajstić information content (AvgIpc) is 2.71. The summed E-state index contributed by atoms with van der Waals surface area (Å²) in [5.41, 5.74) is 0.776. The molecule has 1 rings (SSSR count). The van der Waals surface area contributed by atoms with Gasteiger partial charge in [-0.1, -0.05) is 76.5 Å². The van der Waals surface area contributed by atoms with Crippen molar-refractivity contribution in [3.63, 3.8) is 0 Å². The summed E-state index contributed by atoms with van der Waals surface area (Å²) in [7, 11) is 0. The van der Waals surface area contributed by atoms with Gasteiger partial charge in [0.15, 0.2) is 11.5 Å². The van der Waals surface area contributed by atoms with E-state index in [1.54, 1.807) is 6.07 Å². The van der Waals surface area contributed by atoms with Crippen LogP contribution in [0, 0.1) is 0 Å². The number of carbonyl (C=O) groups excluding carboxylic acids is 1. The molecule has 0 aromatic heterocycles. The van der Waals surface area contributed by atoms with Crippen molar-refractivity contribution in [3.05, 3.63) is 35.9 Å². The Morgan fingerprint density at radius 3 is 2.03 bits per heavy atom. The number of hydrogen-bond acceptors (Lipinski definition) is 3. The van der Waals surface area contributed by atoms with E-state index in [9.17, 15) is 15.0 Å². The minimum absolute atomic E-state index is 0.0372. The number of hydrogen-bond donors (Lipinski definition) is 3. The highest BCUT2D eigenvalue weighted by Crippen LogP contribution is 2.24. The highest BCUT2D eigenvalue weighted by Gasteiger charge is 2.04. The van der Waals surface area contributed by atoms with Crippen molar-refractivity contribution in [1.29, 1.82) is 0 Å². The maximum Gasteiger partial charge on any atom is 0.220 e. The molecular formula is C25H41NO3. The maximum atomic E-state index is 11.9. The van der Waals surface area contributed by atoms with Crippen molar-refractivity contribution >= 4 is 5.91 Å². The normalized spacial score (nSPS) is 11.2. The number of unbranched alkanes of at least 4 members (excludes halogenated alkanes) is 11. The summed E-state index contributed by atoms with van der Waals surface area (Å²) in [5.74, 6) is -0.266. The van der Waals surface area contributed by atoms with E-state index in [1.807, 2.05) is 0 Å². The van der Waals surface area contributed by atoms with Crippen LogP contribution < -0.4 is 5.32 Å². The lowest BCUT2D eigenvalue weighted by molar-refractivity contribution is -0.121. The van der Waals surface area contributed by atoms with Crippen LogP contribution in [-0.4, -0.2) is 16.1 Å². The zero-order valence-corrected chi connectivity index (χ0v) is 18.3. The lowest BCUT2D eigenvalue weighted by Gasteiger charge is -2.06. The summed E-state index contributed by atoms with van der Waals surface area (Å²) in [6.07, 6.45) is 21.5. The van der Waals surface area contributed by atoms with Crippen LogP contribution in [0.25, 0.3) is 0 Å². The molecule has 0 spiro atoms. The molecule has 0 unspecified atom stereocenters. The van der Waals surface area contributed by atoms with Crippen LogP contribution in [0.4, 0.5) is 0 Å². The average molecular weight is 404 g/mol. The third-order valence-corrected chi connectivity index (χ3v) is 5.20. The molecule has 4 heteroatoms. The van der Waals surface area contributed by atoms with Gasteiger partial charge in [-0.05, 0) is 49.8 Å². The Morgan fingerprint density at radius 1 is 0.828 bits per heavy atom. The SMILES string of the molecule is CCCCCCCCC=CCCCCCCCC(=O)NCc1ccc(O)c(O)c1. The van der Waals surface area contributed by atoms with Gasteiger partial charge in [0.2, 0.25) is 5.91 Å². The molecule has 1 amide bonds. The Balaban J connectivity index is 1.89. The van der Waals surface area contributed by atoms with Crippen LogP contribution in [0.15, 0.2) is 30.4 Å². The van der Waals surface area contributed by atoms with Gasteiger partial charge >= 0.3 is 0 Å². The highest BCUT2D eigenvalue weighted by atomic mass is 16.3. The van der Waals surface area contributed by atoms with E-state index in [1.165, 1.54) is 82.8 Å². The van der Waals surface area contributed by atoms with Crippen molar-refractivity contribution in [2.45, 2.75) is 103 Å². The van der Waals surface area contributed by atoms with Gasteiger partial charge in [0.1, 0.15) is 0 Å². The molecule has 164 valence electrons. The van der Waals surface area contributed by atoms with Crippen LogP contribution >= 0.6 is 0 Å². The van der Waals surface area contributed by atoms with Crippen LogP contribution in [0.1, 0.15) is 102 Å². The molecule has 0 aliphatic carbocycles. The first-order valence-corrected chi connectivity index (χ1v) is 11.6. The maximum absolute atomic E-state index is 11.9. The van der Waals surface area contributed by atoms with Gasteiger partial charge in [-0.15, -0.1) is 0 Å². The third kappa shape index (κ3) is 13.8. The zero-order chi connectivity index (χ0) is 21.2. The van der Waals surface area contributed by atoms with Gasteiger partial charge in [-0.25, -0.2) is 0 Å². The van der Waals surface area contributed by atoms with Gasteiger partial charge in [0, 0.05) is 13.0 Å². The molecule has 29 heavy (non-hydrogen) atoms. The molecule has 3 N–H and O–H groups in total. The van der Waals surface area contributed by atoms with Crippen molar-refractivity contribution in [1.82, 2.24) is 5.32 Å². The van der Waals surface area contributed by atoms with Crippen LogP contribution in [0.2, 0.25) is 0 Å². The molecular weight excluding hydrogens is 362 g/mol. The third-order valence-electron chi connectivity index (χ3n) is 5.20. The summed E-state index contributed by atoms with van der Waals surface area (Å²) in [6.45, 7) is 2.63. The Morgan fingerprint density at radius 2 is 1.41 bits per heavy atom. The molecule has 0 bridgehead atoms. The Bertz CT molecular complexity index is 583. The molecule has 0 radical (unpaired) electrons. The van der Waals surface area contributed by atoms with E-state index in [2.05, 4.69) is 24.4 Å². The first-order valence-electron chi connectivity index (χ1n) is 11.6. The fraction of sp³-hybridized carbons (Fsp3) is 0.640. The molecule has 0 heterocycles. The fourth-order valence-corrected chi connectivity index (χ4v) is 3.32.